The van der Waals surface area contributed by atoms with Crippen LogP contribution < -0.4 is 15.6 Å². The van der Waals surface area contributed by atoms with Gasteiger partial charge in [0.2, 0.25) is 0 Å². The molecule has 0 aliphatic heterocycles. The molecule has 0 unspecified atom stereocenters. The first-order valence-corrected chi connectivity index (χ1v) is 7.05. The molecule has 0 radical (unpaired) electrons. The van der Waals surface area contributed by atoms with Crippen LogP contribution in [-0.2, 0) is 11.8 Å². The van der Waals surface area contributed by atoms with Gasteiger partial charge < -0.3 is 14.6 Å². The minimum absolute atomic E-state index is 0.137. The Morgan fingerprint density at radius 1 is 1.35 bits per heavy atom. The number of rotatable bonds is 4. The third-order valence-corrected chi connectivity index (χ3v) is 3.36. The lowest BCUT2D eigenvalue weighted by atomic mass is 10.2. The third-order valence-electron chi connectivity index (χ3n) is 3.36. The molecule has 2 rings (SSSR count). The molecule has 0 fully saturated rings. The molecule has 1 aromatic heterocycles. The maximum absolute atomic E-state index is 12.2. The Balaban J connectivity index is 2.06. The summed E-state index contributed by atoms with van der Waals surface area (Å²) < 4.78 is 6.95. The largest absolute Gasteiger partial charge is 0.481 e. The summed E-state index contributed by atoms with van der Waals surface area (Å²) in [5.41, 5.74) is 1.64. The number of hydrogen-bond acceptors (Lipinski definition) is 4. The van der Waals surface area contributed by atoms with E-state index in [2.05, 4.69) is 5.32 Å². The van der Waals surface area contributed by atoms with E-state index in [0.717, 1.165) is 0 Å². The van der Waals surface area contributed by atoms with Crippen LogP contribution in [0.2, 0.25) is 0 Å². The number of aryl methyl sites for hydroxylation is 2. The Bertz CT molecular complexity index is 816. The number of hydrogen-bond donors (Lipinski definition) is 1. The van der Waals surface area contributed by atoms with E-state index in [1.165, 1.54) is 10.6 Å². The monoisotopic (exact) mass is 311 g/mol. The van der Waals surface area contributed by atoms with Gasteiger partial charge in [-0.2, -0.15) is 5.26 Å². The molecule has 0 bridgehead atoms. The fraction of sp³-hybridized carbons (Fsp3) is 0.235. The van der Waals surface area contributed by atoms with Crippen LogP contribution in [0.15, 0.2) is 41.3 Å². The van der Waals surface area contributed by atoms with E-state index in [-0.39, 0.29) is 11.5 Å². The third kappa shape index (κ3) is 3.98. The smallest absolute Gasteiger partial charge is 0.265 e. The van der Waals surface area contributed by atoms with Gasteiger partial charge in [0.05, 0.1) is 17.3 Å². The number of anilines is 1. The van der Waals surface area contributed by atoms with Crippen LogP contribution in [0.1, 0.15) is 18.1 Å². The number of benzene rings is 1. The highest BCUT2D eigenvalue weighted by Gasteiger charge is 2.16. The van der Waals surface area contributed by atoms with E-state index in [0.29, 0.717) is 22.6 Å². The first-order valence-electron chi connectivity index (χ1n) is 7.05. The second kappa shape index (κ2) is 6.79. The van der Waals surface area contributed by atoms with Crippen LogP contribution >= 0.6 is 0 Å². The minimum Gasteiger partial charge on any atom is -0.481 e. The average Bonchev–Trinajstić information content (AvgIpc) is 2.53. The summed E-state index contributed by atoms with van der Waals surface area (Å²) in [7, 11) is 1.62. The van der Waals surface area contributed by atoms with Gasteiger partial charge in [-0.3, -0.25) is 9.59 Å². The van der Waals surface area contributed by atoms with Gasteiger partial charge in [-0.25, -0.2) is 0 Å². The molecule has 23 heavy (non-hydrogen) atoms. The van der Waals surface area contributed by atoms with E-state index in [9.17, 15) is 9.59 Å². The van der Waals surface area contributed by atoms with Crippen molar-refractivity contribution in [3.05, 3.63) is 58.0 Å². The molecule has 0 spiro atoms. The molecular weight excluding hydrogens is 294 g/mol. The standard InChI is InChI=1S/C17H17N3O3/c1-11-8-16(21)20(3)10-15(11)19-17(22)12(2)23-14-6-4-13(9-18)5-7-14/h4-8,10,12H,1-3H3,(H,19,22)/t12-/m1/s1. The molecule has 6 nitrogen and oxygen atoms in total. The molecule has 1 aromatic carbocycles. The molecule has 1 amide bonds. The Morgan fingerprint density at radius 2 is 2.00 bits per heavy atom. The fourth-order valence-corrected chi connectivity index (χ4v) is 1.95. The topological polar surface area (TPSA) is 84.1 Å². The van der Waals surface area contributed by atoms with Crippen LogP contribution in [0.4, 0.5) is 5.69 Å². The molecule has 0 aliphatic carbocycles. The number of ether oxygens (including phenoxy) is 1. The van der Waals surface area contributed by atoms with Crippen molar-refractivity contribution in [3.63, 3.8) is 0 Å². The van der Waals surface area contributed by atoms with Crippen LogP contribution in [0, 0.1) is 18.3 Å². The highest BCUT2D eigenvalue weighted by atomic mass is 16.5. The minimum atomic E-state index is -0.723. The number of aromatic nitrogens is 1. The molecule has 2 aromatic rings. The van der Waals surface area contributed by atoms with E-state index in [1.54, 1.807) is 51.4 Å². The lowest BCUT2D eigenvalue weighted by Gasteiger charge is -2.16. The second-order valence-corrected chi connectivity index (χ2v) is 5.20. The van der Waals surface area contributed by atoms with Gasteiger partial charge in [0.1, 0.15) is 5.75 Å². The van der Waals surface area contributed by atoms with Crippen LogP contribution in [0.5, 0.6) is 5.75 Å². The van der Waals surface area contributed by atoms with Crippen molar-refractivity contribution in [2.75, 3.05) is 5.32 Å². The van der Waals surface area contributed by atoms with Crippen molar-refractivity contribution < 1.29 is 9.53 Å². The Labute approximate surface area is 133 Å². The first kappa shape index (κ1) is 16.3. The molecule has 118 valence electrons. The zero-order chi connectivity index (χ0) is 17.0. The van der Waals surface area contributed by atoms with Crippen molar-refractivity contribution in [1.29, 1.82) is 5.26 Å². The number of nitrogens with zero attached hydrogens (tertiary/aromatic N) is 2. The summed E-state index contributed by atoms with van der Waals surface area (Å²) in [5, 5.41) is 11.5. The normalized spacial score (nSPS) is 11.4. The quantitative estimate of drug-likeness (QED) is 0.935. The van der Waals surface area contributed by atoms with Crippen molar-refractivity contribution in [1.82, 2.24) is 4.57 Å². The summed E-state index contributed by atoms with van der Waals surface area (Å²) in [6.45, 7) is 3.38. The van der Waals surface area contributed by atoms with Gasteiger partial charge in [0.15, 0.2) is 6.10 Å². The highest BCUT2D eigenvalue weighted by Crippen LogP contribution is 2.15. The van der Waals surface area contributed by atoms with E-state index in [4.69, 9.17) is 10.00 Å². The molecule has 1 atom stereocenters. The maximum Gasteiger partial charge on any atom is 0.265 e. The van der Waals surface area contributed by atoms with E-state index >= 15 is 0 Å². The molecule has 0 aliphatic rings. The summed E-state index contributed by atoms with van der Waals surface area (Å²) in [4.78, 5) is 23.7. The Hall–Kier alpha value is -3.07. The summed E-state index contributed by atoms with van der Waals surface area (Å²) >= 11 is 0. The summed E-state index contributed by atoms with van der Waals surface area (Å²) in [6, 6.07) is 10.00. The summed E-state index contributed by atoms with van der Waals surface area (Å²) in [5.74, 6) is 0.181. The molecular formula is C17H17N3O3. The van der Waals surface area contributed by atoms with Gasteiger partial charge >= 0.3 is 0 Å². The van der Waals surface area contributed by atoms with Gasteiger partial charge in [0.25, 0.3) is 11.5 Å². The predicted molar refractivity (Wildman–Crippen MR) is 86.3 cm³/mol. The lowest BCUT2D eigenvalue weighted by Crippen LogP contribution is -2.31. The van der Waals surface area contributed by atoms with E-state index in [1.807, 2.05) is 6.07 Å². The number of amides is 1. The SMILES string of the molecule is Cc1cc(=O)n(C)cc1NC(=O)[C@@H](C)Oc1ccc(C#N)cc1. The van der Waals surface area contributed by atoms with Crippen molar-refractivity contribution in [2.24, 2.45) is 7.05 Å². The fourth-order valence-electron chi connectivity index (χ4n) is 1.95. The number of nitriles is 1. The van der Waals surface area contributed by atoms with Gasteiger partial charge in [0, 0.05) is 19.3 Å². The zero-order valence-electron chi connectivity index (χ0n) is 13.2. The number of carbonyl (C=O) groups excluding carboxylic acids is 1. The molecule has 1 N–H and O–H groups in total. The van der Waals surface area contributed by atoms with Crippen LogP contribution in [0.3, 0.4) is 0 Å². The molecule has 6 heteroatoms. The zero-order valence-corrected chi connectivity index (χ0v) is 13.2. The summed E-state index contributed by atoms with van der Waals surface area (Å²) in [6.07, 6.45) is 0.851. The average molecular weight is 311 g/mol. The highest BCUT2D eigenvalue weighted by molar-refractivity contribution is 5.94. The Morgan fingerprint density at radius 3 is 2.61 bits per heavy atom. The maximum atomic E-state index is 12.2. The van der Waals surface area contributed by atoms with E-state index < -0.39 is 6.10 Å². The van der Waals surface area contributed by atoms with Crippen LogP contribution in [0.25, 0.3) is 0 Å². The van der Waals surface area contributed by atoms with Crippen LogP contribution in [-0.4, -0.2) is 16.6 Å². The van der Waals surface area contributed by atoms with Crippen molar-refractivity contribution >= 4 is 11.6 Å². The van der Waals surface area contributed by atoms with Crippen molar-refractivity contribution in [3.8, 4) is 11.8 Å². The van der Waals surface area contributed by atoms with Crippen molar-refractivity contribution in [2.45, 2.75) is 20.0 Å². The molecule has 0 saturated heterocycles. The number of carbonyl (C=O) groups is 1. The predicted octanol–water partition coefficient (Wildman–Crippen LogP) is 1.97. The number of nitrogens with one attached hydrogen (secondary N) is 1. The lowest BCUT2D eigenvalue weighted by molar-refractivity contribution is -0.122. The Kier molecular flexibility index (Phi) is 4.82. The molecule has 0 saturated carbocycles. The van der Waals surface area contributed by atoms with Gasteiger partial charge in [-0.15, -0.1) is 0 Å². The molecule has 1 heterocycles. The van der Waals surface area contributed by atoms with Gasteiger partial charge in [-0.05, 0) is 43.7 Å². The first-order chi connectivity index (χ1) is 10.9. The van der Waals surface area contributed by atoms with Gasteiger partial charge in [-0.1, -0.05) is 0 Å². The second-order valence-electron chi connectivity index (χ2n) is 5.20. The number of pyridine rings is 1.